The minimum atomic E-state index is -0.572. The molecule has 2 aromatic rings. The van der Waals surface area contributed by atoms with Crippen molar-refractivity contribution in [2.24, 2.45) is 11.7 Å². The van der Waals surface area contributed by atoms with Gasteiger partial charge in [-0.3, -0.25) is 14.7 Å². The van der Waals surface area contributed by atoms with E-state index < -0.39 is 5.91 Å². The molecule has 4 N–H and O–H groups in total. The number of nitrogens with two attached hydrogens (primary N) is 1. The first-order valence-corrected chi connectivity index (χ1v) is 6.21. The van der Waals surface area contributed by atoms with Gasteiger partial charge in [0.1, 0.15) is 0 Å². The van der Waals surface area contributed by atoms with Gasteiger partial charge in [0.25, 0.3) is 5.91 Å². The van der Waals surface area contributed by atoms with Crippen LogP contribution >= 0.6 is 0 Å². The first-order chi connectivity index (χ1) is 9.13. The number of H-pyrrole nitrogens is 1. The molecule has 6 heteroatoms. The SMILES string of the molecule is NC(=O)c1n[nH]c2cc(NC(=O)CC3CC3)ccc12. The van der Waals surface area contributed by atoms with Crippen LogP contribution in [0.25, 0.3) is 10.9 Å². The molecule has 3 rings (SSSR count). The molecule has 1 aromatic carbocycles. The van der Waals surface area contributed by atoms with Crippen LogP contribution in [0.1, 0.15) is 29.8 Å². The molecule has 1 aromatic heterocycles. The Labute approximate surface area is 109 Å². The summed E-state index contributed by atoms with van der Waals surface area (Å²) in [6.45, 7) is 0. The van der Waals surface area contributed by atoms with Crippen LogP contribution in [0, 0.1) is 5.92 Å². The van der Waals surface area contributed by atoms with Crippen molar-refractivity contribution in [2.45, 2.75) is 19.3 Å². The van der Waals surface area contributed by atoms with Gasteiger partial charge in [-0.1, -0.05) is 0 Å². The smallest absolute Gasteiger partial charge is 0.269 e. The largest absolute Gasteiger partial charge is 0.364 e. The summed E-state index contributed by atoms with van der Waals surface area (Å²) >= 11 is 0. The molecule has 2 amide bonds. The zero-order valence-electron chi connectivity index (χ0n) is 10.3. The second-order valence-electron chi connectivity index (χ2n) is 4.89. The highest BCUT2D eigenvalue weighted by Crippen LogP contribution is 2.32. The Morgan fingerprint density at radius 2 is 2.21 bits per heavy atom. The number of hydrogen-bond acceptors (Lipinski definition) is 3. The molecule has 1 aliphatic carbocycles. The van der Waals surface area contributed by atoms with Gasteiger partial charge < -0.3 is 11.1 Å². The van der Waals surface area contributed by atoms with Gasteiger partial charge in [-0.15, -0.1) is 0 Å². The lowest BCUT2D eigenvalue weighted by Crippen LogP contribution is -2.12. The topological polar surface area (TPSA) is 101 Å². The van der Waals surface area contributed by atoms with Crippen molar-refractivity contribution in [3.8, 4) is 0 Å². The van der Waals surface area contributed by atoms with E-state index >= 15 is 0 Å². The minimum absolute atomic E-state index is 0.0245. The number of carbonyl (C=O) groups excluding carboxylic acids is 2. The fourth-order valence-electron chi connectivity index (χ4n) is 2.08. The van der Waals surface area contributed by atoms with E-state index in [1.165, 1.54) is 0 Å². The van der Waals surface area contributed by atoms with Crippen molar-refractivity contribution >= 4 is 28.4 Å². The van der Waals surface area contributed by atoms with Crippen LogP contribution in [0.2, 0.25) is 0 Å². The lowest BCUT2D eigenvalue weighted by molar-refractivity contribution is -0.116. The van der Waals surface area contributed by atoms with Crippen LogP contribution in [-0.2, 0) is 4.79 Å². The third kappa shape index (κ3) is 2.42. The second-order valence-corrected chi connectivity index (χ2v) is 4.89. The van der Waals surface area contributed by atoms with E-state index in [4.69, 9.17) is 5.73 Å². The molecule has 0 radical (unpaired) electrons. The zero-order chi connectivity index (χ0) is 13.4. The minimum Gasteiger partial charge on any atom is -0.364 e. The van der Waals surface area contributed by atoms with E-state index in [0.717, 1.165) is 12.8 Å². The third-order valence-electron chi connectivity index (χ3n) is 3.25. The molecular weight excluding hydrogens is 244 g/mol. The fourth-order valence-corrected chi connectivity index (χ4v) is 2.08. The predicted molar refractivity (Wildman–Crippen MR) is 70.6 cm³/mol. The highest BCUT2D eigenvalue weighted by Gasteiger charge is 2.24. The second kappa shape index (κ2) is 4.38. The van der Waals surface area contributed by atoms with Gasteiger partial charge in [-0.05, 0) is 37.0 Å². The standard InChI is InChI=1S/C13H14N4O2/c14-13(19)12-9-4-3-8(6-10(9)16-17-12)15-11(18)5-7-1-2-7/h3-4,6-7H,1-2,5H2,(H2,14,19)(H,15,18)(H,16,17). The van der Waals surface area contributed by atoms with Gasteiger partial charge in [-0.2, -0.15) is 5.10 Å². The number of amides is 2. The molecule has 1 fully saturated rings. The van der Waals surface area contributed by atoms with Crippen molar-refractivity contribution in [1.29, 1.82) is 0 Å². The number of rotatable bonds is 4. The van der Waals surface area contributed by atoms with Crippen molar-refractivity contribution < 1.29 is 9.59 Å². The summed E-state index contributed by atoms with van der Waals surface area (Å²) in [4.78, 5) is 22.8. The van der Waals surface area contributed by atoms with Crippen LogP contribution in [0.5, 0.6) is 0 Å². The Kier molecular flexibility index (Phi) is 2.70. The number of primary amides is 1. The van der Waals surface area contributed by atoms with Gasteiger partial charge in [0.15, 0.2) is 5.69 Å². The van der Waals surface area contributed by atoms with Crippen molar-refractivity contribution in [3.63, 3.8) is 0 Å². The predicted octanol–water partition coefficient (Wildman–Crippen LogP) is 1.40. The first kappa shape index (κ1) is 11.7. The first-order valence-electron chi connectivity index (χ1n) is 6.21. The Morgan fingerprint density at radius 3 is 2.89 bits per heavy atom. The molecular formula is C13H14N4O2. The summed E-state index contributed by atoms with van der Waals surface area (Å²) in [5, 5.41) is 10.1. The van der Waals surface area contributed by atoms with Crippen LogP contribution in [0.3, 0.4) is 0 Å². The van der Waals surface area contributed by atoms with E-state index in [0.29, 0.717) is 28.9 Å². The van der Waals surface area contributed by atoms with E-state index in [9.17, 15) is 9.59 Å². The maximum Gasteiger partial charge on any atom is 0.269 e. The number of aromatic nitrogens is 2. The third-order valence-corrected chi connectivity index (χ3v) is 3.25. The zero-order valence-corrected chi connectivity index (χ0v) is 10.3. The molecule has 1 heterocycles. The summed E-state index contributed by atoms with van der Waals surface area (Å²) < 4.78 is 0. The lowest BCUT2D eigenvalue weighted by atomic mass is 10.2. The van der Waals surface area contributed by atoms with E-state index in [2.05, 4.69) is 15.5 Å². The normalized spacial score (nSPS) is 14.5. The maximum absolute atomic E-state index is 11.7. The van der Waals surface area contributed by atoms with E-state index in [1.807, 2.05) is 0 Å². The van der Waals surface area contributed by atoms with Crippen LogP contribution in [0.4, 0.5) is 5.69 Å². The molecule has 0 saturated heterocycles. The van der Waals surface area contributed by atoms with Crippen molar-refractivity contribution in [1.82, 2.24) is 10.2 Å². The Balaban J connectivity index is 1.81. The van der Waals surface area contributed by atoms with E-state index in [1.54, 1.807) is 18.2 Å². The number of nitrogens with one attached hydrogen (secondary N) is 2. The quantitative estimate of drug-likeness (QED) is 0.772. The molecule has 0 bridgehead atoms. The monoisotopic (exact) mass is 258 g/mol. The number of anilines is 1. The highest BCUT2D eigenvalue weighted by molar-refractivity contribution is 6.05. The average Bonchev–Trinajstić information content (AvgIpc) is 3.06. The molecule has 98 valence electrons. The molecule has 0 atom stereocenters. The number of nitrogens with zero attached hydrogens (tertiary/aromatic N) is 1. The summed E-state index contributed by atoms with van der Waals surface area (Å²) in [6.07, 6.45) is 2.87. The number of carbonyl (C=O) groups is 2. The van der Waals surface area contributed by atoms with Gasteiger partial charge in [0, 0.05) is 17.5 Å². The fraction of sp³-hybridized carbons (Fsp3) is 0.308. The number of aromatic amines is 1. The molecule has 1 saturated carbocycles. The Bertz CT molecular complexity index is 658. The highest BCUT2D eigenvalue weighted by atomic mass is 16.2. The molecule has 0 aliphatic heterocycles. The molecule has 0 spiro atoms. The molecule has 19 heavy (non-hydrogen) atoms. The number of fused-ring (bicyclic) bond motifs is 1. The summed E-state index contributed by atoms with van der Waals surface area (Å²) in [6, 6.07) is 5.22. The molecule has 1 aliphatic rings. The van der Waals surface area contributed by atoms with E-state index in [-0.39, 0.29) is 11.6 Å². The lowest BCUT2D eigenvalue weighted by Gasteiger charge is -2.04. The summed E-state index contributed by atoms with van der Waals surface area (Å²) in [5.74, 6) is 0.00519. The Morgan fingerprint density at radius 1 is 1.42 bits per heavy atom. The average molecular weight is 258 g/mol. The van der Waals surface area contributed by atoms with Gasteiger partial charge >= 0.3 is 0 Å². The molecule has 6 nitrogen and oxygen atoms in total. The molecule has 0 unspecified atom stereocenters. The van der Waals surface area contributed by atoms with Gasteiger partial charge in [-0.25, -0.2) is 0 Å². The van der Waals surface area contributed by atoms with Crippen LogP contribution in [-0.4, -0.2) is 22.0 Å². The summed E-state index contributed by atoms with van der Waals surface area (Å²) in [5.41, 5.74) is 6.80. The Hall–Kier alpha value is -2.37. The van der Waals surface area contributed by atoms with Crippen LogP contribution < -0.4 is 11.1 Å². The van der Waals surface area contributed by atoms with Gasteiger partial charge in [0.2, 0.25) is 5.91 Å². The summed E-state index contributed by atoms with van der Waals surface area (Å²) in [7, 11) is 0. The van der Waals surface area contributed by atoms with Crippen LogP contribution in [0.15, 0.2) is 18.2 Å². The van der Waals surface area contributed by atoms with Crippen molar-refractivity contribution in [3.05, 3.63) is 23.9 Å². The maximum atomic E-state index is 11.7. The number of benzene rings is 1. The van der Waals surface area contributed by atoms with Crippen molar-refractivity contribution in [2.75, 3.05) is 5.32 Å². The van der Waals surface area contributed by atoms with Gasteiger partial charge in [0.05, 0.1) is 5.52 Å². The number of hydrogen-bond donors (Lipinski definition) is 3.